The molecule has 0 amide bonds. The van der Waals surface area contributed by atoms with Gasteiger partial charge in [-0.3, -0.25) is 4.90 Å². The van der Waals surface area contributed by atoms with Crippen LogP contribution in [0.5, 0.6) is 0 Å². The van der Waals surface area contributed by atoms with Crippen LogP contribution in [0.15, 0.2) is 28.7 Å². The lowest BCUT2D eigenvalue weighted by Crippen LogP contribution is -2.28. The SMILES string of the molecule is CCCN(CCO)Cc1nnnn1-c1ccccc1Br. The fourth-order valence-corrected chi connectivity index (χ4v) is 2.50. The molecule has 0 aliphatic carbocycles. The maximum atomic E-state index is 9.11. The van der Waals surface area contributed by atoms with Crippen LogP contribution in [0.2, 0.25) is 0 Å². The third-order valence-electron chi connectivity index (χ3n) is 2.94. The van der Waals surface area contributed by atoms with Gasteiger partial charge >= 0.3 is 0 Å². The number of hydrogen-bond acceptors (Lipinski definition) is 5. The molecule has 0 radical (unpaired) electrons. The first-order chi connectivity index (χ1) is 9.76. The average molecular weight is 340 g/mol. The Hall–Kier alpha value is -1.31. The first kappa shape index (κ1) is 15.1. The summed E-state index contributed by atoms with van der Waals surface area (Å²) in [5.41, 5.74) is 0.910. The third kappa shape index (κ3) is 3.62. The van der Waals surface area contributed by atoms with Crippen LogP contribution in [-0.4, -0.2) is 49.9 Å². The lowest BCUT2D eigenvalue weighted by Gasteiger charge is -2.19. The summed E-state index contributed by atoms with van der Waals surface area (Å²) < 4.78 is 2.67. The molecule has 1 aromatic carbocycles. The Kier molecular flexibility index (Phi) is 5.63. The minimum absolute atomic E-state index is 0.136. The largest absolute Gasteiger partial charge is 0.395 e. The Balaban J connectivity index is 2.22. The minimum Gasteiger partial charge on any atom is -0.395 e. The molecule has 108 valence electrons. The van der Waals surface area contributed by atoms with Crippen molar-refractivity contribution in [3.05, 3.63) is 34.6 Å². The van der Waals surface area contributed by atoms with Crippen LogP contribution < -0.4 is 0 Å². The Labute approximate surface area is 126 Å². The Morgan fingerprint density at radius 2 is 2.10 bits per heavy atom. The van der Waals surface area contributed by atoms with Gasteiger partial charge in [0.25, 0.3) is 0 Å². The van der Waals surface area contributed by atoms with Crippen LogP contribution in [-0.2, 0) is 6.54 Å². The summed E-state index contributed by atoms with van der Waals surface area (Å²) in [6.45, 7) is 4.39. The standard InChI is InChI=1S/C13H18BrN5O/c1-2-7-18(8-9-20)10-13-15-16-17-19(13)12-6-4-3-5-11(12)14/h3-6,20H,2,7-10H2,1H3. The first-order valence-electron chi connectivity index (χ1n) is 6.61. The molecule has 0 bridgehead atoms. The lowest BCUT2D eigenvalue weighted by atomic mass is 10.3. The molecule has 1 N–H and O–H groups in total. The van der Waals surface area contributed by atoms with Crippen molar-refractivity contribution in [3.63, 3.8) is 0 Å². The molecule has 2 aromatic rings. The quantitative estimate of drug-likeness (QED) is 0.830. The van der Waals surface area contributed by atoms with Gasteiger partial charge in [0.2, 0.25) is 0 Å². The van der Waals surface area contributed by atoms with Gasteiger partial charge in [-0.1, -0.05) is 19.1 Å². The fourth-order valence-electron chi connectivity index (χ4n) is 2.04. The smallest absolute Gasteiger partial charge is 0.170 e. The molecule has 0 saturated carbocycles. The van der Waals surface area contributed by atoms with Gasteiger partial charge in [-0.05, 0) is 51.5 Å². The summed E-state index contributed by atoms with van der Waals surface area (Å²) in [6, 6.07) is 7.81. The molecule has 7 heteroatoms. The number of hydrogen-bond donors (Lipinski definition) is 1. The highest BCUT2D eigenvalue weighted by molar-refractivity contribution is 9.10. The average Bonchev–Trinajstić information content (AvgIpc) is 2.88. The van der Waals surface area contributed by atoms with E-state index in [0.717, 1.165) is 29.0 Å². The molecule has 1 aromatic heterocycles. The highest BCUT2D eigenvalue weighted by Crippen LogP contribution is 2.20. The molecule has 2 rings (SSSR count). The number of benzene rings is 1. The predicted molar refractivity (Wildman–Crippen MR) is 79.5 cm³/mol. The van der Waals surface area contributed by atoms with Gasteiger partial charge in [-0.25, -0.2) is 0 Å². The molecule has 6 nitrogen and oxygen atoms in total. The molecule has 1 heterocycles. The van der Waals surface area contributed by atoms with Crippen molar-refractivity contribution in [1.82, 2.24) is 25.1 Å². The monoisotopic (exact) mass is 339 g/mol. The molecule has 0 spiro atoms. The van der Waals surface area contributed by atoms with Crippen LogP contribution in [0.4, 0.5) is 0 Å². The van der Waals surface area contributed by atoms with Crippen molar-refractivity contribution in [1.29, 1.82) is 0 Å². The number of rotatable bonds is 7. The lowest BCUT2D eigenvalue weighted by molar-refractivity contribution is 0.186. The second-order valence-corrected chi connectivity index (χ2v) is 5.31. The van der Waals surface area contributed by atoms with E-state index in [1.807, 2.05) is 24.3 Å². The van der Waals surface area contributed by atoms with E-state index in [0.29, 0.717) is 13.1 Å². The summed E-state index contributed by atoms with van der Waals surface area (Å²) in [6.07, 6.45) is 1.02. The second-order valence-electron chi connectivity index (χ2n) is 4.46. The van der Waals surface area contributed by atoms with E-state index in [4.69, 9.17) is 5.11 Å². The molecule has 0 saturated heterocycles. The van der Waals surface area contributed by atoms with Gasteiger partial charge in [0.15, 0.2) is 5.82 Å². The Morgan fingerprint density at radius 1 is 1.30 bits per heavy atom. The van der Waals surface area contributed by atoms with E-state index < -0.39 is 0 Å². The zero-order valence-electron chi connectivity index (χ0n) is 11.4. The molecule has 20 heavy (non-hydrogen) atoms. The highest BCUT2D eigenvalue weighted by atomic mass is 79.9. The first-order valence-corrected chi connectivity index (χ1v) is 7.41. The van der Waals surface area contributed by atoms with Crippen LogP contribution in [0.1, 0.15) is 19.2 Å². The van der Waals surface area contributed by atoms with Crippen molar-refractivity contribution in [2.24, 2.45) is 0 Å². The van der Waals surface area contributed by atoms with E-state index in [1.54, 1.807) is 4.68 Å². The van der Waals surface area contributed by atoms with Gasteiger partial charge in [-0.15, -0.1) is 5.10 Å². The van der Waals surface area contributed by atoms with Crippen molar-refractivity contribution in [2.45, 2.75) is 19.9 Å². The third-order valence-corrected chi connectivity index (χ3v) is 3.61. The molecule has 0 aliphatic rings. The maximum absolute atomic E-state index is 9.11. The number of nitrogens with zero attached hydrogens (tertiary/aromatic N) is 5. The van der Waals surface area contributed by atoms with E-state index in [1.165, 1.54) is 0 Å². The van der Waals surface area contributed by atoms with E-state index in [2.05, 4.69) is 43.3 Å². The van der Waals surface area contributed by atoms with Gasteiger partial charge < -0.3 is 5.11 Å². The molecule has 0 aliphatic heterocycles. The predicted octanol–water partition coefficient (Wildman–Crippen LogP) is 1.63. The molecular formula is C13H18BrN5O. The molecule has 0 unspecified atom stereocenters. The number of aliphatic hydroxyl groups is 1. The molecular weight excluding hydrogens is 322 g/mol. The Morgan fingerprint density at radius 3 is 2.80 bits per heavy atom. The maximum Gasteiger partial charge on any atom is 0.170 e. The second kappa shape index (κ2) is 7.47. The minimum atomic E-state index is 0.136. The van der Waals surface area contributed by atoms with Crippen LogP contribution >= 0.6 is 15.9 Å². The number of para-hydroxylation sites is 1. The number of aliphatic hydroxyl groups excluding tert-OH is 1. The highest BCUT2D eigenvalue weighted by Gasteiger charge is 2.14. The summed E-state index contributed by atoms with van der Waals surface area (Å²) >= 11 is 3.51. The number of aromatic nitrogens is 4. The van der Waals surface area contributed by atoms with Gasteiger partial charge in [0, 0.05) is 11.0 Å². The van der Waals surface area contributed by atoms with E-state index in [-0.39, 0.29) is 6.61 Å². The van der Waals surface area contributed by atoms with E-state index in [9.17, 15) is 0 Å². The molecule has 0 fully saturated rings. The summed E-state index contributed by atoms with van der Waals surface area (Å²) in [7, 11) is 0. The zero-order chi connectivity index (χ0) is 14.4. The van der Waals surface area contributed by atoms with Crippen LogP contribution in [0.3, 0.4) is 0 Å². The van der Waals surface area contributed by atoms with Crippen LogP contribution in [0.25, 0.3) is 5.69 Å². The van der Waals surface area contributed by atoms with Gasteiger partial charge in [-0.2, -0.15) is 4.68 Å². The van der Waals surface area contributed by atoms with Crippen LogP contribution in [0, 0.1) is 0 Å². The summed E-state index contributed by atoms with van der Waals surface area (Å²) in [5.74, 6) is 0.763. The van der Waals surface area contributed by atoms with Crippen molar-refractivity contribution in [2.75, 3.05) is 19.7 Å². The number of halogens is 1. The van der Waals surface area contributed by atoms with Gasteiger partial charge in [0.1, 0.15) is 0 Å². The van der Waals surface area contributed by atoms with Crippen molar-refractivity contribution >= 4 is 15.9 Å². The van der Waals surface area contributed by atoms with E-state index >= 15 is 0 Å². The van der Waals surface area contributed by atoms with Crippen molar-refractivity contribution < 1.29 is 5.11 Å². The summed E-state index contributed by atoms with van der Waals surface area (Å²) in [4.78, 5) is 2.14. The topological polar surface area (TPSA) is 67.1 Å². The van der Waals surface area contributed by atoms with Crippen molar-refractivity contribution in [3.8, 4) is 5.69 Å². The molecule has 0 atom stereocenters. The Bertz CT molecular complexity index is 539. The normalized spacial score (nSPS) is 11.2. The summed E-state index contributed by atoms with van der Waals surface area (Å²) in [5, 5.41) is 21.0. The number of tetrazole rings is 1. The zero-order valence-corrected chi connectivity index (χ0v) is 13.0. The van der Waals surface area contributed by atoms with Gasteiger partial charge in [0.05, 0.1) is 18.8 Å². The fraction of sp³-hybridized carbons (Fsp3) is 0.462.